The van der Waals surface area contributed by atoms with Crippen LogP contribution in [0.4, 0.5) is 10.1 Å². The molecule has 0 radical (unpaired) electrons. The number of para-hydroxylation sites is 1. The lowest BCUT2D eigenvalue weighted by Crippen LogP contribution is -2.28. The zero-order valence-corrected chi connectivity index (χ0v) is 9.82. The molecule has 0 amide bonds. The van der Waals surface area contributed by atoms with E-state index in [-0.39, 0.29) is 18.8 Å². The van der Waals surface area contributed by atoms with Crippen molar-refractivity contribution in [1.82, 2.24) is 0 Å². The second-order valence-corrected chi connectivity index (χ2v) is 3.97. The molecular weight excluding hydrogens is 221 g/mol. The monoisotopic (exact) mass is 237 g/mol. The Labute approximate surface area is 100 Å². The predicted molar refractivity (Wildman–Crippen MR) is 65.7 cm³/mol. The standard InChI is InChI=1S/C13H16FNO2/c1-10(2)9-15(8-7-13(16)17)12-6-4-3-5-11(12)14/h3-6H,1,7-9H2,2H3,(H,16,17). The molecule has 17 heavy (non-hydrogen) atoms. The average Bonchev–Trinajstić information content (AvgIpc) is 2.24. The minimum Gasteiger partial charge on any atom is -0.481 e. The van der Waals surface area contributed by atoms with E-state index in [1.165, 1.54) is 6.07 Å². The molecule has 1 N–H and O–H groups in total. The van der Waals surface area contributed by atoms with Crippen molar-refractivity contribution in [3.63, 3.8) is 0 Å². The van der Waals surface area contributed by atoms with Crippen molar-refractivity contribution in [2.45, 2.75) is 13.3 Å². The maximum Gasteiger partial charge on any atom is 0.305 e. The van der Waals surface area contributed by atoms with Gasteiger partial charge in [0.15, 0.2) is 0 Å². The predicted octanol–water partition coefficient (Wildman–Crippen LogP) is 2.68. The van der Waals surface area contributed by atoms with Crippen LogP contribution in [0, 0.1) is 5.82 Å². The van der Waals surface area contributed by atoms with Crippen LogP contribution in [0.15, 0.2) is 36.4 Å². The van der Waals surface area contributed by atoms with Crippen molar-refractivity contribution < 1.29 is 14.3 Å². The minimum atomic E-state index is -0.895. The lowest BCUT2D eigenvalue weighted by Gasteiger charge is -2.24. The molecular formula is C13H16FNO2. The second kappa shape index (κ2) is 6.03. The molecule has 1 aromatic carbocycles. The Kier molecular flexibility index (Phi) is 4.69. The first-order chi connectivity index (χ1) is 8.00. The highest BCUT2D eigenvalue weighted by molar-refractivity contribution is 5.67. The Bertz CT molecular complexity index is 418. The normalized spacial score (nSPS) is 10.0. The fourth-order valence-corrected chi connectivity index (χ4v) is 1.55. The number of benzene rings is 1. The Balaban J connectivity index is 2.85. The topological polar surface area (TPSA) is 40.5 Å². The van der Waals surface area contributed by atoms with E-state index < -0.39 is 5.97 Å². The van der Waals surface area contributed by atoms with Crippen LogP contribution in [0.3, 0.4) is 0 Å². The largest absolute Gasteiger partial charge is 0.481 e. The molecule has 4 heteroatoms. The van der Waals surface area contributed by atoms with Gasteiger partial charge in [-0.15, -0.1) is 0 Å². The number of anilines is 1. The van der Waals surface area contributed by atoms with Crippen LogP contribution in [0.5, 0.6) is 0 Å². The van der Waals surface area contributed by atoms with Gasteiger partial charge in [0, 0.05) is 13.1 Å². The Morgan fingerprint density at radius 3 is 2.65 bits per heavy atom. The van der Waals surface area contributed by atoms with E-state index in [1.54, 1.807) is 23.1 Å². The Hall–Kier alpha value is -1.84. The van der Waals surface area contributed by atoms with E-state index in [1.807, 2.05) is 6.92 Å². The van der Waals surface area contributed by atoms with Crippen molar-refractivity contribution >= 4 is 11.7 Å². The van der Waals surface area contributed by atoms with Crippen LogP contribution in [-0.4, -0.2) is 24.2 Å². The molecule has 1 aromatic rings. The maximum absolute atomic E-state index is 13.6. The number of rotatable bonds is 6. The molecule has 0 bridgehead atoms. The van der Waals surface area contributed by atoms with E-state index in [0.717, 1.165) is 5.57 Å². The average molecular weight is 237 g/mol. The fourth-order valence-electron chi connectivity index (χ4n) is 1.55. The number of nitrogens with zero attached hydrogens (tertiary/aromatic N) is 1. The number of halogens is 1. The van der Waals surface area contributed by atoms with Gasteiger partial charge < -0.3 is 10.0 Å². The van der Waals surface area contributed by atoms with Crippen LogP contribution in [0.25, 0.3) is 0 Å². The number of aliphatic carboxylic acids is 1. The van der Waals surface area contributed by atoms with Crippen molar-refractivity contribution in [3.05, 3.63) is 42.2 Å². The molecule has 0 unspecified atom stereocenters. The molecule has 1 rings (SSSR count). The first kappa shape index (κ1) is 13.2. The second-order valence-electron chi connectivity index (χ2n) is 3.97. The summed E-state index contributed by atoms with van der Waals surface area (Å²) >= 11 is 0. The lowest BCUT2D eigenvalue weighted by atomic mass is 10.2. The number of carbonyl (C=O) groups is 1. The molecule has 0 aliphatic rings. The number of hydrogen-bond acceptors (Lipinski definition) is 2. The quantitative estimate of drug-likeness (QED) is 0.773. The SMILES string of the molecule is C=C(C)CN(CCC(=O)O)c1ccccc1F. The molecule has 0 fully saturated rings. The summed E-state index contributed by atoms with van der Waals surface area (Å²) in [5.74, 6) is -1.24. The van der Waals surface area contributed by atoms with E-state index in [0.29, 0.717) is 12.2 Å². The molecule has 0 heterocycles. The summed E-state index contributed by atoms with van der Waals surface area (Å²) < 4.78 is 13.6. The van der Waals surface area contributed by atoms with E-state index in [2.05, 4.69) is 6.58 Å². The van der Waals surface area contributed by atoms with Gasteiger partial charge >= 0.3 is 5.97 Å². The van der Waals surface area contributed by atoms with Gasteiger partial charge in [-0.2, -0.15) is 0 Å². The zero-order valence-electron chi connectivity index (χ0n) is 9.82. The maximum atomic E-state index is 13.6. The highest BCUT2D eigenvalue weighted by Gasteiger charge is 2.12. The molecule has 0 aliphatic heterocycles. The summed E-state index contributed by atoms with van der Waals surface area (Å²) in [4.78, 5) is 12.2. The van der Waals surface area contributed by atoms with Crippen LogP contribution < -0.4 is 4.90 Å². The highest BCUT2D eigenvalue weighted by atomic mass is 19.1. The molecule has 92 valence electrons. The summed E-state index contributed by atoms with van der Waals surface area (Å²) in [5.41, 5.74) is 1.27. The smallest absolute Gasteiger partial charge is 0.305 e. The van der Waals surface area contributed by atoms with Crippen LogP contribution in [0.2, 0.25) is 0 Å². The van der Waals surface area contributed by atoms with Gasteiger partial charge in [-0.25, -0.2) is 4.39 Å². The van der Waals surface area contributed by atoms with Gasteiger partial charge in [0.25, 0.3) is 0 Å². The summed E-state index contributed by atoms with van der Waals surface area (Å²) in [6.07, 6.45) is -0.0262. The van der Waals surface area contributed by atoms with Crippen LogP contribution >= 0.6 is 0 Å². The van der Waals surface area contributed by atoms with E-state index in [4.69, 9.17) is 5.11 Å². The molecule has 0 spiro atoms. The van der Waals surface area contributed by atoms with E-state index >= 15 is 0 Å². The summed E-state index contributed by atoms with van der Waals surface area (Å²) in [5, 5.41) is 8.67. The molecule has 3 nitrogen and oxygen atoms in total. The highest BCUT2D eigenvalue weighted by Crippen LogP contribution is 2.19. The van der Waals surface area contributed by atoms with Crippen molar-refractivity contribution in [2.75, 3.05) is 18.0 Å². The fraction of sp³-hybridized carbons (Fsp3) is 0.308. The minimum absolute atomic E-state index is 0.0262. The number of hydrogen-bond donors (Lipinski definition) is 1. The van der Waals surface area contributed by atoms with Gasteiger partial charge in [0.2, 0.25) is 0 Å². The van der Waals surface area contributed by atoms with E-state index in [9.17, 15) is 9.18 Å². The van der Waals surface area contributed by atoms with Crippen LogP contribution in [-0.2, 0) is 4.79 Å². The molecule has 0 saturated heterocycles. The van der Waals surface area contributed by atoms with Gasteiger partial charge in [0.05, 0.1) is 12.1 Å². The first-order valence-electron chi connectivity index (χ1n) is 5.36. The Morgan fingerprint density at radius 1 is 1.47 bits per heavy atom. The summed E-state index contributed by atoms with van der Waals surface area (Å²) in [6, 6.07) is 6.33. The molecule has 0 aliphatic carbocycles. The first-order valence-corrected chi connectivity index (χ1v) is 5.36. The number of carboxylic acids is 1. The Morgan fingerprint density at radius 2 is 2.12 bits per heavy atom. The van der Waals surface area contributed by atoms with Crippen molar-refractivity contribution in [2.24, 2.45) is 0 Å². The van der Waals surface area contributed by atoms with Crippen molar-refractivity contribution in [3.8, 4) is 0 Å². The summed E-state index contributed by atoms with van der Waals surface area (Å²) in [6.45, 7) is 6.31. The lowest BCUT2D eigenvalue weighted by molar-refractivity contribution is -0.136. The van der Waals surface area contributed by atoms with Gasteiger partial charge in [-0.3, -0.25) is 4.79 Å². The van der Waals surface area contributed by atoms with Gasteiger partial charge in [-0.1, -0.05) is 24.3 Å². The number of carboxylic acid groups (broad SMARTS) is 1. The third-order valence-electron chi connectivity index (χ3n) is 2.25. The van der Waals surface area contributed by atoms with Crippen molar-refractivity contribution in [1.29, 1.82) is 0 Å². The molecule has 0 atom stereocenters. The third kappa shape index (κ3) is 4.26. The van der Waals surface area contributed by atoms with Gasteiger partial charge in [-0.05, 0) is 19.1 Å². The van der Waals surface area contributed by atoms with Crippen LogP contribution in [0.1, 0.15) is 13.3 Å². The molecule has 0 aromatic heterocycles. The zero-order chi connectivity index (χ0) is 12.8. The summed E-state index contributed by atoms with van der Waals surface area (Å²) in [7, 11) is 0. The third-order valence-corrected chi connectivity index (χ3v) is 2.25. The van der Waals surface area contributed by atoms with Gasteiger partial charge in [0.1, 0.15) is 5.82 Å². The molecule has 0 saturated carbocycles.